The van der Waals surface area contributed by atoms with Crippen LogP contribution in [-0.2, 0) is 11.3 Å². The lowest BCUT2D eigenvalue weighted by Crippen LogP contribution is -2.27. The molecule has 17 heavy (non-hydrogen) atoms. The van der Waals surface area contributed by atoms with Gasteiger partial charge in [0.25, 0.3) is 0 Å². The second-order valence-corrected chi connectivity index (χ2v) is 4.27. The summed E-state index contributed by atoms with van der Waals surface area (Å²) in [7, 11) is 1.81. The number of likely N-dealkylation sites (tertiary alicyclic amines) is 1. The maximum Gasteiger partial charge on any atom is 0.221 e. The van der Waals surface area contributed by atoms with E-state index >= 15 is 0 Å². The predicted octanol–water partition coefficient (Wildman–Crippen LogP) is -0.174. The number of carbonyl (C=O) groups is 1. The number of anilines is 1. The summed E-state index contributed by atoms with van der Waals surface area (Å²) >= 11 is 0. The molecule has 0 saturated carbocycles. The van der Waals surface area contributed by atoms with E-state index in [1.807, 2.05) is 7.05 Å². The van der Waals surface area contributed by atoms with E-state index in [4.69, 9.17) is 5.73 Å². The molecule has 2 heterocycles. The van der Waals surface area contributed by atoms with Gasteiger partial charge in [-0.15, -0.1) is 0 Å². The van der Waals surface area contributed by atoms with Gasteiger partial charge in [-0.2, -0.15) is 0 Å². The lowest BCUT2D eigenvalue weighted by atomic mass is 10.1. The number of nitrogens with two attached hydrogens (primary N) is 1. The molecule has 92 valence electrons. The van der Waals surface area contributed by atoms with Crippen LogP contribution in [0.1, 0.15) is 12.1 Å². The molecular formula is C11H17N5O. The predicted molar refractivity (Wildman–Crippen MR) is 64.2 cm³/mol. The van der Waals surface area contributed by atoms with Crippen LogP contribution in [0.25, 0.3) is 0 Å². The zero-order valence-corrected chi connectivity index (χ0v) is 9.89. The summed E-state index contributed by atoms with van der Waals surface area (Å²) in [4.78, 5) is 21.7. The molecule has 0 aromatic carbocycles. The molecule has 6 nitrogen and oxygen atoms in total. The number of hydrogen-bond donors (Lipinski definition) is 2. The van der Waals surface area contributed by atoms with Gasteiger partial charge in [-0.05, 0) is 13.0 Å². The van der Waals surface area contributed by atoms with Gasteiger partial charge in [-0.25, -0.2) is 4.98 Å². The molecule has 6 heteroatoms. The minimum absolute atomic E-state index is 0.0143. The number of rotatable bonds is 4. The van der Waals surface area contributed by atoms with E-state index in [9.17, 15) is 4.79 Å². The monoisotopic (exact) mass is 235 g/mol. The molecule has 1 saturated heterocycles. The molecule has 1 aliphatic heterocycles. The van der Waals surface area contributed by atoms with Crippen LogP contribution in [0, 0.1) is 5.92 Å². The molecule has 0 bridgehead atoms. The first-order valence-electron chi connectivity index (χ1n) is 5.69. The van der Waals surface area contributed by atoms with Gasteiger partial charge in [0.15, 0.2) is 0 Å². The standard InChI is InChI=1S/C11H17N5O/c1-13-10-5-14-9(4-15-10)7-16-3-2-8(6-16)11(12)17/h4-5,8H,2-3,6-7H2,1H3,(H2,12,17)(H,13,15). The van der Waals surface area contributed by atoms with Crippen LogP contribution >= 0.6 is 0 Å². The van der Waals surface area contributed by atoms with Gasteiger partial charge in [0.2, 0.25) is 5.91 Å². The summed E-state index contributed by atoms with van der Waals surface area (Å²) in [6.45, 7) is 2.34. The van der Waals surface area contributed by atoms with Crippen molar-refractivity contribution in [3.63, 3.8) is 0 Å². The molecule has 0 spiro atoms. The first-order chi connectivity index (χ1) is 8.19. The summed E-state index contributed by atoms with van der Waals surface area (Å²) in [5.74, 6) is 0.536. The fraction of sp³-hybridized carbons (Fsp3) is 0.545. The molecule has 0 aliphatic carbocycles. The second-order valence-electron chi connectivity index (χ2n) is 4.27. The topological polar surface area (TPSA) is 84.1 Å². The third kappa shape index (κ3) is 2.91. The molecular weight excluding hydrogens is 218 g/mol. The maximum atomic E-state index is 11.0. The number of nitrogens with zero attached hydrogens (tertiary/aromatic N) is 3. The van der Waals surface area contributed by atoms with Gasteiger partial charge in [0.1, 0.15) is 5.82 Å². The third-order valence-corrected chi connectivity index (χ3v) is 3.02. The quantitative estimate of drug-likeness (QED) is 0.756. The highest BCUT2D eigenvalue weighted by atomic mass is 16.1. The fourth-order valence-electron chi connectivity index (χ4n) is 2.00. The van der Waals surface area contributed by atoms with E-state index in [1.54, 1.807) is 12.4 Å². The van der Waals surface area contributed by atoms with Gasteiger partial charge >= 0.3 is 0 Å². The molecule has 1 unspecified atom stereocenters. The summed E-state index contributed by atoms with van der Waals surface area (Å²) in [5, 5.41) is 2.92. The van der Waals surface area contributed by atoms with Crippen LogP contribution in [0.3, 0.4) is 0 Å². The van der Waals surface area contributed by atoms with Crippen molar-refractivity contribution in [2.75, 3.05) is 25.5 Å². The van der Waals surface area contributed by atoms with Crippen LogP contribution in [0.5, 0.6) is 0 Å². The van der Waals surface area contributed by atoms with E-state index in [2.05, 4.69) is 20.2 Å². The molecule has 1 atom stereocenters. The Bertz CT molecular complexity index is 391. The average Bonchev–Trinajstić information content (AvgIpc) is 2.79. The van der Waals surface area contributed by atoms with Gasteiger partial charge in [0.05, 0.1) is 24.0 Å². The Morgan fingerprint density at radius 1 is 1.59 bits per heavy atom. The summed E-state index contributed by atoms with van der Waals surface area (Å²) in [6, 6.07) is 0. The smallest absolute Gasteiger partial charge is 0.221 e. The summed E-state index contributed by atoms with van der Waals surface area (Å²) < 4.78 is 0. The highest BCUT2D eigenvalue weighted by Crippen LogP contribution is 2.17. The van der Waals surface area contributed by atoms with Crippen molar-refractivity contribution >= 4 is 11.7 Å². The summed E-state index contributed by atoms with van der Waals surface area (Å²) in [5.41, 5.74) is 6.20. The Morgan fingerprint density at radius 2 is 2.41 bits per heavy atom. The number of primary amides is 1. The Labute approximate surface area is 100 Å². The van der Waals surface area contributed by atoms with Crippen LogP contribution < -0.4 is 11.1 Å². The Hall–Kier alpha value is -1.69. The van der Waals surface area contributed by atoms with E-state index in [0.717, 1.165) is 37.6 Å². The van der Waals surface area contributed by atoms with Crippen LogP contribution in [-0.4, -0.2) is 40.9 Å². The highest BCUT2D eigenvalue weighted by molar-refractivity contribution is 5.77. The van der Waals surface area contributed by atoms with Crippen molar-refractivity contribution in [3.8, 4) is 0 Å². The van der Waals surface area contributed by atoms with Crippen molar-refractivity contribution in [3.05, 3.63) is 18.1 Å². The number of nitrogens with one attached hydrogen (secondary N) is 1. The number of carbonyl (C=O) groups excluding carboxylic acids is 1. The molecule has 1 aliphatic rings. The lowest BCUT2D eigenvalue weighted by Gasteiger charge is -2.14. The Kier molecular flexibility index (Phi) is 3.53. The third-order valence-electron chi connectivity index (χ3n) is 3.02. The van der Waals surface area contributed by atoms with E-state index < -0.39 is 0 Å². The van der Waals surface area contributed by atoms with Gasteiger partial charge < -0.3 is 11.1 Å². The van der Waals surface area contributed by atoms with E-state index in [-0.39, 0.29) is 11.8 Å². The highest BCUT2D eigenvalue weighted by Gasteiger charge is 2.26. The minimum atomic E-state index is -0.205. The molecule has 1 amide bonds. The number of amides is 1. The number of hydrogen-bond acceptors (Lipinski definition) is 5. The molecule has 1 fully saturated rings. The first-order valence-corrected chi connectivity index (χ1v) is 5.69. The molecule has 2 rings (SSSR count). The van der Waals surface area contributed by atoms with Gasteiger partial charge in [-0.3, -0.25) is 14.7 Å². The fourth-order valence-corrected chi connectivity index (χ4v) is 2.00. The van der Waals surface area contributed by atoms with Crippen molar-refractivity contribution in [2.24, 2.45) is 11.7 Å². The molecule has 3 N–H and O–H groups in total. The molecule has 1 aromatic rings. The zero-order chi connectivity index (χ0) is 12.3. The van der Waals surface area contributed by atoms with E-state index in [0.29, 0.717) is 0 Å². The van der Waals surface area contributed by atoms with E-state index in [1.165, 1.54) is 0 Å². The van der Waals surface area contributed by atoms with Crippen molar-refractivity contribution < 1.29 is 4.79 Å². The molecule has 0 radical (unpaired) electrons. The van der Waals surface area contributed by atoms with Crippen LogP contribution in [0.2, 0.25) is 0 Å². The number of aromatic nitrogens is 2. The zero-order valence-electron chi connectivity index (χ0n) is 9.89. The first kappa shape index (κ1) is 11.8. The van der Waals surface area contributed by atoms with Crippen LogP contribution in [0.4, 0.5) is 5.82 Å². The van der Waals surface area contributed by atoms with Crippen LogP contribution in [0.15, 0.2) is 12.4 Å². The summed E-state index contributed by atoms with van der Waals surface area (Å²) in [6.07, 6.45) is 4.30. The minimum Gasteiger partial charge on any atom is -0.372 e. The Morgan fingerprint density at radius 3 is 2.94 bits per heavy atom. The maximum absolute atomic E-state index is 11.0. The van der Waals surface area contributed by atoms with Gasteiger partial charge in [-0.1, -0.05) is 0 Å². The SMILES string of the molecule is CNc1cnc(CN2CCC(C(N)=O)C2)cn1. The second kappa shape index (κ2) is 5.09. The van der Waals surface area contributed by atoms with Crippen molar-refractivity contribution in [1.29, 1.82) is 0 Å². The molecule has 1 aromatic heterocycles. The largest absolute Gasteiger partial charge is 0.372 e. The van der Waals surface area contributed by atoms with Gasteiger partial charge in [0, 0.05) is 20.1 Å². The van der Waals surface area contributed by atoms with Crippen molar-refractivity contribution in [1.82, 2.24) is 14.9 Å². The normalized spacial score (nSPS) is 20.4. The Balaban J connectivity index is 1.91. The van der Waals surface area contributed by atoms with Crippen molar-refractivity contribution in [2.45, 2.75) is 13.0 Å². The lowest BCUT2D eigenvalue weighted by molar-refractivity contribution is -0.121. The average molecular weight is 235 g/mol.